The lowest BCUT2D eigenvalue weighted by Crippen LogP contribution is -2.40. The molecule has 4 N–H and O–H groups in total. The number of hydrogen-bond acceptors (Lipinski definition) is 7. The van der Waals surface area contributed by atoms with Crippen LogP contribution in [-0.2, 0) is 19.6 Å². The van der Waals surface area contributed by atoms with Gasteiger partial charge in [0, 0.05) is 18.8 Å². The highest BCUT2D eigenvalue weighted by Crippen LogP contribution is 2.29. The number of nitrogens with zero attached hydrogens (tertiary/aromatic N) is 1. The number of aliphatic carboxylic acids is 1. The molecule has 0 spiro atoms. The van der Waals surface area contributed by atoms with E-state index >= 15 is 0 Å². The van der Waals surface area contributed by atoms with E-state index in [2.05, 4.69) is 9.62 Å². The van der Waals surface area contributed by atoms with Crippen LogP contribution in [0.1, 0.15) is 62.5 Å². The number of hydrogen-bond donors (Lipinski definition) is 3. The average Bonchev–Trinajstić information content (AvgIpc) is 3.40. The number of nitrogens with two attached hydrogens (primary N) is 1. The Bertz CT molecular complexity index is 1180. The van der Waals surface area contributed by atoms with Crippen molar-refractivity contribution in [2.75, 3.05) is 24.5 Å². The smallest absolute Gasteiger partial charge is 0.321 e. The largest absolute Gasteiger partial charge is 0.480 e. The summed E-state index contributed by atoms with van der Waals surface area (Å²) in [7, 11) is -4.09. The second kappa shape index (κ2) is 13.0. The number of aryl methyl sites for hydroxylation is 1. The van der Waals surface area contributed by atoms with Gasteiger partial charge < -0.3 is 20.5 Å². The fourth-order valence-electron chi connectivity index (χ4n) is 4.50. The van der Waals surface area contributed by atoms with Gasteiger partial charge in [-0.05, 0) is 87.0 Å². The molecule has 0 saturated carbocycles. The molecule has 2 atom stereocenters. The van der Waals surface area contributed by atoms with Gasteiger partial charge in [-0.1, -0.05) is 25.5 Å². The molecule has 0 bridgehead atoms. The first-order valence-corrected chi connectivity index (χ1v) is 14.3. The van der Waals surface area contributed by atoms with Gasteiger partial charge in [0.15, 0.2) is 0 Å². The Labute approximate surface area is 219 Å². The highest BCUT2D eigenvalue weighted by Gasteiger charge is 2.26. The Kier molecular flexibility index (Phi) is 10.1. The summed E-state index contributed by atoms with van der Waals surface area (Å²) in [6, 6.07) is 10.8. The van der Waals surface area contributed by atoms with Gasteiger partial charge in [-0.2, -0.15) is 4.72 Å². The van der Waals surface area contributed by atoms with Crippen LogP contribution >= 0.6 is 0 Å². The summed E-state index contributed by atoms with van der Waals surface area (Å²) in [5, 5.41) is 9.40. The average molecular weight is 532 g/mol. The van der Waals surface area contributed by atoms with Crippen molar-refractivity contribution < 1.29 is 27.9 Å². The summed E-state index contributed by atoms with van der Waals surface area (Å²) in [6.07, 6.45) is 4.16. The van der Waals surface area contributed by atoms with Gasteiger partial charge in [0.05, 0.1) is 10.8 Å². The van der Waals surface area contributed by atoms with Crippen LogP contribution in [0.15, 0.2) is 47.4 Å². The molecule has 0 aromatic heterocycles. The molecule has 2 aromatic carbocycles. The fourth-order valence-corrected chi connectivity index (χ4v) is 5.80. The fraction of sp³-hybridized carbons (Fsp3) is 0.481. The number of carboxylic acids is 1. The van der Waals surface area contributed by atoms with E-state index in [4.69, 9.17) is 10.5 Å². The number of esters is 1. The Hall–Kier alpha value is -2.95. The van der Waals surface area contributed by atoms with E-state index in [1.165, 1.54) is 31.0 Å². The summed E-state index contributed by atoms with van der Waals surface area (Å²) < 4.78 is 33.5. The molecule has 1 aliphatic heterocycles. The molecule has 1 fully saturated rings. The van der Waals surface area contributed by atoms with Gasteiger partial charge in [0.1, 0.15) is 11.8 Å². The molecule has 0 amide bonds. The third-order valence-electron chi connectivity index (χ3n) is 6.67. The molecule has 0 aliphatic carbocycles. The van der Waals surface area contributed by atoms with Crippen molar-refractivity contribution in [3.63, 3.8) is 0 Å². The van der Waals surface area contributed by atoms with Crippen LogP contribution in [0.3, 0.4) is 0 Å². The van der Waals surface area contributed by atoms with E-state index in [0.29, 0.717) is 31.4 Å². The second-order valence-corrected chi connectivity index (χ2v) is 11.1. The third kappa shape index (κ3) is 7.53. The highest BCUT2D eigenvalue weighted by atomic mass is 32.2. The van der Waals surface area contributed by atoms with Crippen molar-refractivity contribution >= 4 is 27.6 Å². The minimum atomic E-state index is -4.09. The summed E-state index contributed by atoms with van der Waals surface area (Å²) in [6.45, 7) is 6.06. The molecular formula is C27H37N3O6S. The molecule has 1 unspecified atom stereocenters. The number of sulfonamides is 1. The first-order valence-electron chi connectivity index (χ1n) is 12.8. The molecule has 3 rings (SSSR count). The molecule has 1 aliphatic rings. The normalized spacial score (nSPS) is 15.4. The van der Waals surface area contributed by atoms with E-state index in [0.717, 1.165) is 24.3 Å². The van der Waals surface area contributed by atoms with E-state index in [-0.39, 0.29) is 17.1 Å². The maximum absolute atomic E-state index is 13.0. The molecule has 0 radical (unpaired) electrons. The van der Waals surface area contributed by atoms with Crippen LogP contribution in [0.2, 0.25) is 0 Å². The zero-order valence-corrected chi connectivity index (χ0v) is 22.3. The predicted octanol–water partition coefficient (Wildman–Crippen LogP) is 3.55. The number of carbonyl (C=O) groups excluding carboxylic acids is 1. The Morgan fingerprint density at radius 3 is 2.35 bits per heavy atom. The topological polar surface area (TPSA) is 139 Å². The van der Waals surface area contributed by atoms with Crippen LogP contribution in [-0.4, -0.2) is 51.1 Å². The zero-order chi connectivity index (χ0) is 27.0. The summed E-state index contributed by atoms with van der Waals surface area (Å²) >= 11 is 0. The number of nitrogens with one attached hydrogen (secondary N) is 1. The van der Waals surface area contributed by atoms with Gasteiger partial charge in [-0.25, -0.2) is 8.42 Å². The SMILES string of the molecule is CCC(C(=O)Oc1ccc(S(=O)(=O)N[C@@H](CCCCN)C(=O)O)cc1C)c1ccc(N2CCCC2)cc1. The predicted molar refractivity (Wildman–Crippen MR) is 142 cm³/mol. The molecule has 37 heavy (non-hydrogen) atoms. The summed E-state index contributed by atoms with van der Waals surface area (Å²) in [4.78, 5) is 26.8. The molecule has 9 nitrogen and oxygen atoms in total. The Balaban J connectivity index is 1.69. The molecule has 1 saturated heterocycles. The van der Waals surface area contributed by atoms with E-state index < -0.39 is 33.9 Å². The van der Waals surface area contributed by atoms with Crippen LogP contribution < -0.4 is 20.1 Å². The van der Waals surface area contributed by atoms with Crippen molar-refractivity contribution in [1.29, 1.82) is 0 Å². The number of carbonyl (C=O) groups is 2. The molecule has 1 heterocycles. The van der Waals surface area contributed by atoms with Crippen molar-refractivity contribution in [3.8, 4) is 5.75 Å². The van der Waals surface area contributed by atoms with Gasteiger partial charge in [-0.3, -0.25) is 9.59 Å². The van der Waals surface area contributed by atoms with Crippen molar-refractivity contribution in [3.05, 3.63) is 53.6 Å². The third-order valence-corrected chi connectivity index (χ3v) is 8.14. The molecule has 2 aromatic rings. The van der Waals surface area contributed by atoms with Gasteiger partial charge in [0.25, 0.3) is 0 Å². The quantitative estimate of drug-likeness (QED) is 0.203. The van der Waals surface area contributed by atoms with E-state index in [9.17, 15) is 23.1 Å². The van der Waals surface area contributed by atoms with Crippen LogP contribution in [0.4, 0.5) is 5.69 Å². The molecule has 202 valence electrons. The van der Waals surface area contributed by atoms with Gasteiger partial charge in [-0.15, -0.1) is 0 Å². The lowest BCUT2D eigenvalue weighted by atomic mass is 9.96. The Morgan fingerprint density at radius 2 is 1.78 bits per heavy atom. The van der Waals surface area contributed by atoms with Crippen molar-refractivity contribution in [2.45, 2.75) is 69.2 Å². The van der Waals surface area contributed by atoms with E-state index in [1.54, 1.807) is 6.92 Å². The van der Waals surface area contributed by atoms with Crippen LogP contribution in [0.5, 0.6) is 5.75 Å². The van der Waals surface area contributed by atoms with Crippen LogP contribution in [0, 0.1) is 6.92 Å². The number of ether oxygens (including phenoxy) is 1. The number of benzene rings is 2. The first-order chi connectivity index (χ1) is 17.7. The minimum Gasteiger partial charge on any atom is -0.480 e. The standard InChI is InChI=1S/C27H37N3O6S/c1-3-23(20-9-11-21(12-10-20)30-16-6-7-17-30)27(33)36-25-14-13-22(18-19(25)2)37(34,35)29-24(26(31)32)8-4-5-15-28/h9-14,18,23-24,29H,3-8,15-17,28H2,1-2H3,(H,31,32)/t23?,24-/m0/s1. The maximum Gasteiger partial charge on any atom is 0.321 e. The van der Waals surface area contributed by atoms with E-state index in [1.807, 2.05) is 31.2 Å². The number of anilines is 1. The summed E-state index contributed by atoms with van der Waals surface area (Å²) in [5.41, 5.74) is 7.90. The minimum absolute atomic E-state index is 0.0978. The number of unbranched alkanes of at least 4 members (excludes halogenated alkanes) is 1. The molecular weight excluding hydrogens is 494 g/mol. The van der Waals surface area contributed by atoms with Gasteiger partial charge in [0.2, 0.25) is 10.0 Å². The second-order valence-electron chi connectivity index (χ2n) is 9.39. The summed E-state index contributed by atoms with van der Waals surface area (Å²) in [5.74, 6) is -1.86. The Morgan fingerprint density at radius 1 is 1.11 bits per heavy atom. The molecule has 10 heteroatoms. The van der Waals surface area contributed by atoms with Crippen molar-refractivity contribution in [2.24, 2.45) is 5.73 Å². The lowest BCUT2D eigenvalue weighted by molar-refractivity contribution is -0.139. The first kappa shape index (κ1) is 28.6. The number of carboxylic acid groups (broad SMARTS) is 1. The highest BCUT2D eigenvalue weighted by molar-refractivity contribution is 7.89. The van der Waals surface area contributed by atoms with Crippen molar-refractivity contribution in [1.82, 2.24) is 4.72 Å². The number of rotatable bonds is 13. The monoisotopic (exact) mass is 531 g/mol. The maximum atomic E-state index is 13.0. The van der Waals surface area contributed by atoms with Gasteiger partial charge >= 0.3 is 11.9 Å². The van der Waals surface area contributed by atoms with Crippen LogP contribution in [0.25, 0.3) is 0 Å². The lowest BCUT2D eigenvalue weighted by Gasteiger charge is -2.20. The zero-order valence-electron chi connectivity index (χ0n) is 21.5.